The normalized spacial score (nSPS) is 22.1. The molecule has 1 aliphatic rings. The monoisotopic (exact) mass is 234 g/mol. The smallest absolute Gasteiger partial charge is 0.119 e. The fraction of sp³-hybridized carbons (Fsp3) is 0.600. The fourth-order valence-corrected chi connectivity index (χ4v) is 2.54. The summed E-state index contributed by atoms with van der Waals surface area (Å²) in [4.78, 5) is 0. The summed E-state index contributed by atoms with van der Waals surface area (Å²) < 4.78 is 5.22. The Hall–Kier alpha value is -1.02. The van der Waals surface area contributed by atoms with Crippen LogP contribution >= 0.6 is 0 Å². The summed E-state index contributed by atoms with van der Waals surface area (Å²) in [7, 11) is 1.66. The molecule has 0 saturated heterocycles. The number of aliphatic hydroxyl groups is 1. The summed E-state index contributed by atoms with van der Waals surface area (Å²) in [5.74, 6) is 0.820. The van der Waals surface area contributed by atoms with E-state index in [0.29, 0.717) is 5.41 Å². The van der Waals surface area contributed by atoms with Gasteiger partial charge in [0, 0.05) is 0 Å². The minimum atomic E-state index is -0.663. The van der Waals surface area contributed by atoms with E-state index in [4.69, 9.17) is 4.74 Å². The van der Waals surface area contributed by atoms with E-state index < -0.39 is 5.60 Å². The van der Waals surface area contributed by atoms with Crippen LogP contribution in [0.25, 0.3) is 0 Å². The van der Waals surface area contributed by atoms with E-state index in [1.807, 2.05) is 24.3 Å². The minimum Gasteiger partial charge on any atom is -0.497 e. The molecule has 0 atom stereocenters. The summed E-state index contributed by atoms with van der Waals surface area (Å²) in [6.07, 6.45) is 3.82. The molecule has 0 aromatic heterocycles. The molecule has 1 aromatic carbocycles. The molecule has 17 heavy (non-hydrogen) atoms. The maximum Gasteiger partial charge on any atom is 0.119 e. The van der Waals surface area contributed by atoms with Gasteiger partial charge in [-0.1, -0.05) is 26.0 Å². The predicted molar refractivity (Wildman–Crippen MR) is 69.1 cm³/mol. The first-order valence-corrected chi connectivity index (χ1v) is 6.32. The van der Waals surface area contributed by atoms with Gasteiger partial charge >= 0.3 is 0 Å². The second kappa shape index (κ2) is 4.34. The number of methoxy groups -OCH3 is 1. The zero-order valence-corrected chi connectivity index (χ0v) is 11.0. The van der Waals surface area contributed by atoms with Crippen LogP contribution in [0.2, 0.25) is 0 Å². The van der Waals surface area contributed by atoms with Gasteiger partial charge in [0.1, 0.15) is 5.75 Å². The van der Waals surface area contributed by atoms with Crippen molar-refractivity contribution in [2.45, 2.75) is 45.1 Å². The molecule has 0 spiro atoms. The largest absolute Gasteiger partial charge is 0.497 e. The quantitative estimate of drug-likeness (QED) is 0.849. The molecule has 2 nitrogen and oxygen atoms in total. The third-order valence-corrected chi connectivity index (χ3v) is 4.04. The zero-order chi connectivity index (χ0) is 12.5. The van der Waals surface area contributed by atoms with Crippen molar-refractivity contribution in [1.29, 1.82) is 0 Å². The number of ether oxygens (including phenoxy) is 1. The van der Waals surface area contributed by atoms with Crippen molar-refractivity contribution < 1.29 is 9.84 Å². The highest BCUT2D eigenvalue weighted by molar-refractivity contribution is 5.32. The Kier molecular flexibility index (Phi) is 3.17. The first-order chi connectivity index (χ1) is 7.95. The molecule has 0 amide bonds. The standard InChI is InChI=1S/C15H22O2/c1-14(2)7-9-15(16,10-8-14)12-5-4-6-13(11-12)17-3/h4-6,11,16H,7-10H2,1-3H3. The SMILES string of the molecule is COc1cccc(C2(O)CCC(C)(C)CC2)c1. The summed E-state index contributed by atoms with van der Waals surface area (Å²) in [6, 6.07) is 7.82. The molecule has 0 aliphatic heterocycles. The van der Waals surface area contributed by atoms with Crippen LogP contribution in [0.3, 0.4) is 0 Å². The van der Waals surface area contributed by atoms with Crippen LogP contribution < -0.4 is 4.74 Å². The number of rotatable bonds is 2. The summed E-state index contributed by atoms with van der Waals surface area (Å²) >= 11 is 0. The van der Waals surface area contributed by atoms with Crippen LogP contribution in [-0.4, -0.2) is 12.2 Å². The van der Waals surface area contributed by atoms with Crippen molar-refractivity contribution in [1.82, 2.24) is 0 Å². The van der Waals surface area contributed by atoms with Gasteiger partial charge in [-0.25, -0.2) is 0 Å². The van der Waals surface area contributed by atoms with Gasteiger partial charge in [-0.2, -0.15) is 0 Å². The molecule has 1 fully saturated rings. The van der Waals surface area contributed by atoms with Gasteiger partial charge in [-0.3, -0.25) is 0 Å². The highest BCUT2D eigenvalue weighted by atomic mass is 16.5. The van der Waals surface area contributed by atoms with Crippen LogP contribution in [0, 0.1) is 5.41 Å². The third kappa shape index (κ3) is 2.63. The molecule has 1 aliphatic carbocycles. The summed E-state index contributed by atoms with van der Waals surface area (Å²) in [5, 5.41) is 10.7. The molecule has 1 saturated carbocycles. The van der Waals surface area contributed by atoms with E-state index in [0.717, 1.165) is 37.0 Å². The molecule has 2 heteroatoms. The second-order valence-corrected chi connectivity index (χ2v) is 5.93. The molecule has 94 valence electrons. The maximum absolute atomic E-state index is 10.7. The number of benzene rings is 1. The van der Waals surface area contributed by atoms with Gasteiger partial charge in [0.15, 0.2) is 0 Å². The van der Waals surface area contributed by atoms with Crippen molar-refractivity contribution in [2.75, 3.05) is 7.11 Å². The molecule has 1 aromatic rings. The van der Waals surface area contributed by atoms with Crippen molar-refractivity contribution in [3.63, 3.8) is 0 Å². The van der Waals surface area contributed by atoms with E-state index in [9.17, 15) is 5.11 Å². The highest BCUT2D eigenvalue weighted by Gasteiger charge is 2.37. The van der Waals surface area contributed by atoms with E-state index in [1.165, 1.54) is 0 Å². The Morgan fingerprint density at radius 1 is 1.12 bits per heavy atom. The van der Waals surface area contributed by atoms with E-state index in [2.05, 4.69) is 13.8 Å². The Labute approximate surface area is 104 Å². The lowest BCUT2D eigenvalue weighted by atomic mass is 9.69. The van der Waals surface area contributed by atoms with E-state index in [-0.39, 0.29) is 0 Å². The first kappa shape index (κ1) is 12.4. The number of hydrogen-bond acceptors (Lipinski definition) is 2. The van der Waals surface area contributed by atoms with Crippen LogP contribution in [0.4, 0.5) is 0 Å². The summed E-state index contributed by atoms with van der Waals surface area (Å²) in [6.45, 7) is 4.55. The molecular weight excluding hydrogens is 212 g/mol. The van der Waals surface area contributed by atoms with Gasteiger partial charge in [-0.05, 0) is 48.8 Å². The second-order valence-electron chi connectivity index (χ2n) is 5.93. The maximum atomic E-state index is 10.7. The lowest BCUT2D eigenvalue weighted by Gasteiger charge is -2.40. The highest BCUT2D eigenvalue weighted by Crippen LogP contribution is 2.45. The van der Waals surface area contributed by atoms with Crippen LogP contribution in [-0.2, 0) is 5.60 Å². The van der Waals surface area contributed by atoms with Crippen molar-refractivity contribution in [3.8, 4) is 5.75 Å². The fourth-order valence-electron chi connectivity index (χ4n) is 2.54. The van der Waals surface area contributed by atoms with E-state index in [1.54, 1.807) is 7.11 Å². The topological polar surface area (TPSA) is 29.5 Å². The number of hydrogen-bond donors (Lipinski definition) is 1. The molecular formula is C15H22O2. The summed E-state index contributed by atoms with van der Waals surface area (Å²) in [5.41, 5.74) is 0.696. The third-order valence-electron chi connectivity index (χ3n) is 4.04. The van der Waals surface area contributed by atoms with Gasteiger partial charge < -0.3 is 9.84 Å². The Balaban J connectivity index is 2.21. The molecule has 0 unspecified atom stereocenters. The zero-order valence-electron chi connectivity index (χ0n) is 11.0. The molecule has 2 rings (SSSR count). The molecule has 0 bridgehead atoms. The van der Waals surface area contributed by atoms with Crippen molar-refractivity contribution >= 4 is 0 Å². The Bertz CT molecular complexity index is 386. The lowest BCUT2D eigenvalue weighted by molar-refractivity contribution is -0.0306. The molecule has 0 heterocycles. The Morgan fingerprint density at radius 3 is 2.35 bits per heavy atom. The van der Waals surface area contributed by atoms with E-state index >= 15 is 0 Å². The van der Waals surface area contributed by atoms with Gasteiger partial charge in [0.25, 0.3) is 0 Å². The lowest BCUT2D eigenvalue weighted by Crippen LogP contribution is -2.34. The van der Waals surface area contributed by atoms with Crippen molar-refractivity contribution in [3.05, 3.63) is 29.8 Å². The van der Waals surface area contributed by atoms with Gasteiger partial charge in [0.2, 0.25) is 0 Å². The first-order valence-electron chi connectivity index (χ1n) is 6.32. The van der Waals surface area contributed by atoms with Gasteiger partial charge in [0.05, 0.1) is 12.7 Å². The molecule has 1 N–H and O–H groups in total. The molecule has 0 radical (unpaired) electrons. The minimum absolute atomic E-state index is 0.366. The average Bonchev–Trinajstić information content (AvgIpc) is 2.33. The van der Waals surface area contributed by atoms with Crippen LogP contribution in [0.5, 0.6) is 5.75 Å². The average molecular weight is 234 g/mol. The Morgan fingerprint density at radius 2 is 1.76 bits per heavy atom. The predicted octanol–water partition coefficient (Wildman–Crippen LogP) is 3.48. The van der Waals surface area contributed by atoms with Crippen LogP contribution in [0.1, 0.15) is 45.1 Å². The van der Waals surface area contributed by atoms with Crippen molar-refractivity contribution in [2.24, 2.45) is 5.41 Å². The van der Waals surface area contributed by atoms with Gasteiger partial charge in [-0.15, -0.1) is 0 Å². The van der Waals surface area contributed by atoms with Crippen LogP contribution in [0.15, 0.2) is 24.3 Å².